The summed E-state index contributed by atoms with van der Waals surface area (Å²) in [4.78, 5) is 25.4. The molecule has 0 fully saturated rings. The van der Waals surface area contributed by atoms with Gasteiger partial charge in [-0.15, -0.1) is 0 Å². The molecule has 0 spiro atoms. The molecular weight excluding hydrogens is 222 g/mol. The standard InChI is InChI=1S/C11H23N3O3/c1-5-14(6-2)7-9(3)12-11(17)13(4)8-10(15)16/h9H,5-8H2,1-4H3,(H,12,17)(H,15,16). The molecule has 1 unspecified atom stereocenters. The van der Waals surface area contributed by atoms with E-state index in [-0.39, 0.29) is 18.6 Å². The molecule has 0 aromatic rings. The molecule has 100 valence electrons. The number of nitrogens with one attached hydrogen (secondary N) is 1. The van der Waals surface area contributed by atoms with Crippen LogP contribution in [0.3, 0.4) is 0 Å². The van der Waals surface area contributed by atoms with E-state index in [1.54, 1.807) is 0 Å². The van der Waals surface area contributed by atoms with Crippen molar-refractivity contribution in [2.24, 2.45) is 0 Å². The zero-order chi connectivity index (χ0) is 13.4. The number of carboxylic acids is 1. The largest absolute Gasteiger partial charge is 0.480 e. The number of rotatable bonds is 7. The maximum atomic E-state index is 11.6. The first-order chi connectivity index (χ1) is 7.90. The molecule has 2 N–H and O–H groups in total. The van der Waals surface area contributed by atoms with Crippen molar-refractivity contribution in [1.82, 2.24) is 15.1 Å². The summed E-state index contributed by atoms with van der Waals surface area (Å²) in [5, 5.41) is 11.3. The van der Waals surface area contributed by atoms with Crippen LogP contribution in [0.2, 0.25) is 0 Å². The molecule has 1 atom stereocenters. The first-order valence-corrected chi connectivity index (χ1v) is 5.86. The lowest BCUT2D eigenvalue weighted by Crippen LogP contribution is -2.47. The molecular formula is C11H23N3O3. The van der Waals surface area contributed by atoms with Crippen molar-refractivity contribution in [3.8, 4) is 0 Å². The third kappa shape index (κ3) is 6.78. The summed E-state index contributed by atoms with van der Waals surface area (Å²) in [5.74, 6) is -1.01. The van der Waals surface area contributed by atoms with E-state index >= 15 is 0 Å². The number of carboxylic acid groups (broad SMARTS) is 1. The highest BCUT2D eigenvalue weighted by Gasteiger charge is 2.15. The minimum absolute atomic E-state index is 0.00125. The summed E-state index contributed by atoms with van der Waals surface area (Å²) >= 11 is 0. The third-order valence-corrected chi connectivity index (χ3v) is 2.52. The van der Waals surface area contributed by atoms with Crippen LogP contribution < -0.4 is 5.32 Å². The second-order valence-corrected chi connectivity index (χ2v) is 4.09. The minimum atomic E-state index is -1.01. The van der Waals surface area contributed by atoms with Crippen LogP contribution in [0.25, 0.3) is 0 Å². The van der Waals surface area contributed by atoms with E-state index in [1.807, 2.05) is 6.92 Å². The minimum Gasteiger partial charge on any atom is -0.480 e. The Labute approximate surface area is 103 Å². The Bertz CT molecular complexity index is 254. The van der Waals surface area contributed by atoms with Crippen LogP contribution in [0.1, 0.15) is 20.8 Å². The fourth-order valence-electron chi connectivity index (χ4n) is 1.51. The monoisotopic (exact) mass is 245 g/mol. The van der Waals surface area contributed by atoms with Gasteiger partial charge in [-0.2, -0.15) is 0 Å². The van der Waals surface area contributed by atoms with Gasteiger partial charge in [0, 0.05) is 19.6 Å². The van der Waals surface area contributed by atoms with Crippen molar-refractivity contribution in [1.29, 1.82) is 0 Å². The topological polar surface area (TPSA) is 72.9 Å². The number of carbonyl (C=O) groups excluding carboxylic acids is 1. The smallest absolute Gasteiger partial charge is 0.323 e. The molecule has 0 aromatic carbocycles. The summed E-state index contributed by atoms with van der Waals surface area (Å²) in [6, 6.07) is -0.356. The molecule has 0 aliphatic rings. The number of hydrogen-bond acceptors (Lipinski definition) is 3. The number of nitrogens with zero attached hydrogens (tertiary/aromatic N) is 2. The third-order valence-electron chi connectivity index (χ3n) is 2.52. The predicted molar refractivity (Wildman–Crippen MR) is 66.0 cm³/mol. The SMILES string of the molecule is CCN(CC)CC(C)NC(=O)N(C)CC(=O)O. The van der Waals surface area contributed by atoms with Crippen molar-refractivity contribution < 1.29 is 14.7 Å². The van der Waals surface area contributed by atoms with Crippen molar-refractivity contribution >= 4 is 12.0 Å². The summed E-state index contributed by atoms with van der Waals surface area (Å²) in [6.45, 7) is 8.38. The molecule has 0 saturated heterocycles. The molecule has 2 amide bonds. The maximum absolute atomic E-state index is 11.6. The highest BCUT2D eigenvalue weighted by Crippen LogP contribution is 1.93. The second kappa shape index (κ2) is 7.89. The Morgan fingerprint density at radius 3 is 2.24 bits per heavy atom. The van der Waals surface area contributed by atoms with Crippen molar-refractivity contribution in [2.75, 3.05) is 33.2 Å². The van der Waals surface area contributed by atoms with Crippen LogP contribution in [-0.2, 0) is 4.79 Å². The van der Waals surface area contributed by atoms with E-state index in [0.29, 0.717) is 0 Å². The van der Waals surface area contributed by atoms with Crippen LogP contribution in [-0.4, -0.2) is 66.2 Å². The predicted octanol–water partition coefficient (Wildman–Crippen LogP) is 0.443. The molecule has 0 radical (unpaired) electrons. The first-order valence-electron chi connectivity index (χ1n) is 5.86. The van der Waals surface area contributed by atoms with Crippen LogP contribution in [0.15, 0.2) is 0 Å². The Balaban J connectivity index is 4.06. The summed E-state index contributed by atoms with van der Waals surface area (Å²) < 4.78 is 0. The molecule has 0 bridgehead atoms. The first kappa shape index (κ1) is 15.7. The Morgan fingerprint density at radius 1 is 1.29 bits per heavy atom. The fourth-order valence-corrected chi connectivity index (χ4v) is 1.51. The van der Waals surface area contributed by atoms with E-state index in [1.165, 1.54) is 7.05 Å². The van der Waals surface area contributed by atoms with Crippen molar-refractivity contribution in [2.45, 2.75) is 26.8 Å². The molecule has 0 aliphatic carbocycles. The molecule has 6 heteroatoms. The van der Waals surface area contributed by atoms with Crippen LogP contribution in [0.4, 0.5) is 4.79 Å². The highest BCUT2D eigenvalue weighted by molar-refractivity contribution is 5.79. The molecule has 17 heavy (non-hydrogen) atoms. The van der Waals surface area contributed by atoms with Crippen molar-refractivity contribution in [3.63, 3.8) is 0 Å². The quantitative estimate of drug-likeness (QED) is 0.683. The van der Waals surface area contributed by atoms with Gasteiger partial charge in [0.1, 0.15) is 6.54 Å². The Kier molecular flexibility index (Phi) is 7.29. The fraction of sp³-hybridized carbons (Fsp3) is 0.818. The van der Waals surface area contributed by atoms with Gasteiger partial charge in [-0.3, -0.25) is 4.79 Å². The number of carbonyl (C=O) groups is 2. The van der Waals surface area contributed by atoms with E-state index in [9.17, 15) is 9.59 Å². The lowest BCUT2D eigenvalue weighted by Gasteiger charge is -2.25. The van der Waals surface area contributed by atoms with Gasteiger partial charge >= 0.3 is 12.0 Å². The van der Waals surface area contributed by atoms with Gasteiger partial charge < -0.3 is 20.2 Å². The zero-order valence-corrected chi connectivity index (χ0v) is 11.1. The van der Waals surface area contributed by atoms with Gasteiger partial charge in [-0.1, -0.05) is 13.8 Å². The van der Waals surface area contributed by atoms with Gasteiger partial charge in [0.2, 0.25) is 0 Å². The lowest BCUT2D eigenvalue weighted by molar-refractivity contribution is -0.137. The number of hydrogen-bond donors (Lipinski definition) is 2. The van der Waals surface area contributed by atoms with Gasteiger partial charge in [-0.05, 0) is 20.0 Å². The lowest BCUT2D eigenvalue weighted by atomic mass is 10.3. The average molecular weight is 245 g/mol. The van der Waals surface area contributed by atoms with Gasteiger partial charge in [-0.25, -0.2) is 4.79 Å². The normalized spacial score (nSPS) is 12.3. The highest BCUT2D eigenvalue weighted by atomic mass is 16.4. The van der Waals surface area contributed by atoms with Crippen LogP contribution in [0, 0.1) is 0 Å². The number of urea groups is 1. The molecule has 6 nitrogen and oxygen atoms in total. The van der Waals surface area contributed by atoms with E-state index in [4.69, 9.17) is 5.11 Å². The number of amides is 2. The van der Waals surface area contributed by atoms with Gasteiger partial charge in [0.25, 0.3) is 0 Å². The van der Waals surface area contributed by atoms with E-state index in [2.05, 4.69) is 24.1 Å². The average Bonchev–Trinajstić information content (AvgIpc) is 2.24. The molecule has 0 saturated carbocycles. The Hall–Kier alpha value is -1.30. The number of aliphatic carboxylic acids is 1. The molecule has 0 rings (SSSR count). The second-order valence-electron chi connectivity index (χ2n) is 4.09. The zero-order valence-electron chi connectivity index (χ0n) is 11.1. The number of likely N-dealkylation sites (N-methyl/N-ethyl adjacent to an activating group) is 2. The van der Waals surface area contributed by atoms with Crippen LogP contribution in [0.5, 0.6) is 0 Å². The van der Waals surface area contributed by atoms with E-state index < -0.39 is 5.97 Å². The Morgan fingerprint density at radius 2 is 1.82 bits per heavy atom. The van der Waals surface area contributed by atoms with E-state index in [0.717, 1.165) is 24.5 Å². The van der Waals surface area contributed by atoms with Gasteiger partial charge in [0.05, 0.1) is 0 Å². The summed E-state index contributed by atoms with van der Waals surface area (Å²) in [7, 11) is 1.47. The van der Waals surface area contributed by atoms with Crippen LogP contribution >= 0.6 is 0 Å². The molecule has 0 heterocycles. The van der Waals surface area contributed by atoms with Crippen molar-refractivity contribution in [3.05, 3.63) is 0 Å². The molecule has 0 aliphatic heterocycles. The molecule has 0 aromatic heterocycles. The maximum Gasteiger partial charge on any atom is 0.323 e. The summed E-state index contributed by atoms with van der Waals surface area (Å²) in [6.07, 6.45) is 0. The summed E-state index contributed by atoms with van der Waals surface area (Å²) in [5.41, 5.74) is 0. The van der Waals surface area contributed by atoms with Gasteiger partial charge in [0.15, 0.2) is 0 Å².